The second-order valence-electron chi connectivity index (χ2n) is 4.09. The number of anilines is 1. The van der Waals surface area contributed by atoms with Gasteiger partial charge in [0, 0.05) is 31.4 Å². The van der Waals surface area contributed by atoms with Crippen LogP contribution in [0.2, 0.25) is 0 Å². The Bertz CT molecular complexity index is 567. The van der Waals surface area contributed by atoms with Gasteiger partial charge < -0.3 is 10.4 Å². The smallest absolute Gasteiger partial charge is 0.303 e. The minimum atomic E-state index is -0.782. The lowest BCUT2D eigenvalue weighted by Gasteiger charge is -2.07. The van der Waals surface area contributed by atoms with Gasteiger partial charge in [0.25, 0.3) is 0 Å². The molecule has 0 aliphatic carbocycles. The van der Waals surface area contributed by atoms with Crippen LogP contribution in [-0.4, -0.2) is 28.1 Å². The van der Waals surface area contributed by atoms with Crippen molar-refractivity contribution in [3.05, 3.63) is 42.2 Å². The molecular formula is C14H15N3O2. The summed E-state index contributed by atoms with van der Waals surface area (Å²) in [4.78, 5) is 19.0. The van der Waals surface area contributed by atoms with Crippen LogP contribution in [0.3, 0.4) is 0 Å². The van der Waals surface area contributed by atoms with Gasteiger partial charge in [0.2, 0.25) is 0 Å². The summed E-state index contributed by atoms with van der Waals surface area (Å²) in [6, 6.07) is 7.71. The summed E-state index contributed by atoms with van der Waals surface area (Å²) in [5, 5.41) is 11.6. The van der Waals surface area contributed by atoms with E-state index in [1.807, 2.05) is 24.3 Å². The molecule has 98 valence electrons. The van der Waals surface area contributed by atoms with Crippen molar-refractivity contribution in [1.82, 2.24) is 9.97 Å². The lowest BCUT2D eigenvalue weighted by molar-refractivity contribution is -0.136. The number of carboxylic acid groups (broad SMARTS) is 1. The fourth-order valence-corrected chi connectivity index (χ4v) is 1.81. The number of nitrogens with one attached hydrogen (secondary N) is 1. The standard InChI is InChI=1S/C14H15N3O2/c1-15-14-13(16-8-9-17-14)11-5-2-10(3-6-11)4-7-12(18)19/h2-3,5-6,8-9H,4,7H2,1H3,(H,15,17)(H,18,19). The summed E-state index contributed by atoms with van der Waals surface area (Å²) in [6.45, 7) is 0. The molecule has 1 heterocycles. The first-order valence-electron chi connectivity index (χ1n) is 6.00. The van der Waals surface area contributed by atoms with Crippen LogP contribution in [0.5, 0.6) is 0 Å². The molecule has 0 atom stereocenters. The minimum absolute atomic E-state index is 0.145. The van der Waals surface area contributed by atoms with E-state index in [0.29, 0.717) is 6.42 Å². The Balaban J connectivity index is 2.20. The second kappa shape index (κ2) is 5.95. The van der Waals surface area contributed by atoms with Crippen molar-refractivity contribution < 1.29 is 9.90 Å². The molecular weight excluding hydrogens is 242 g/mol. The molecule has 0 radical (unpaired) electrons. The Kier molecular flexibility index (Phi) is 4.07. The summed E-state index contributed by atoms with van der Waals surface area (Å²) in [7, 11) is 1.80. The van der Waals surface area contributed by atoms with Crippen LogP contribution in [0.25, 0.3) is 11.3 Å². The molecule has 2 aromatic rings. The highest BCUT2D eigenvalue weighted by Gasteiger charge is 2.06. The van der Waals surface area contributed by atoms with Gasteiger partial charge in [-0.3, -0.25) is 9.78 Å². The SMILES string of the molecule is CNc1nccnc1-c1ccc(CCC(=O)O)cc1. The molecule has 0 aliphatic rings. The van der Waals surface area contributed by atoms with Gasteiger partial charge in [-0.05, 0) is 12.0 Å². The second-order valence-corrected chi connectivity index (χ2v) is 4.09. The van der Waals surface area contributed by atoms with E-state index >= 15 is 0 Å². The van der Waals surface area contributed by atoms with Gasteiger partial charge in [0.15, 0.2) is 5.82 Å². The lowest BCUT2D eigenvalue weighted by Crippen LogP contribution is -1.98. The minimum Gasteiger partial charge on any atom is -0.481 e. The van der Waals surface area contributed by atoms with Crippen LogP contribution >= 0.6 is 0 Å². The highest BCUT2D eigenvalue weighted by molar-refractivity contribution is 5.71. The number of rotatable bonds is 5. The Morgan fingerprint density at radius 2 is 1.89 bits per heavy atom. The molecule has 1 aromatic carbocycles. The maximum Gasteiger partial charge on any atom is 0.303 e. The number of hydrogen-bond acceptors (Lipinski definition) is 4. The monoisotopic (exact) mass is 257 g/mol. The number of carboxylic acids is 1. The molecule has 2 N–H and O–H groups in total. The van der Waals surface area contributed by atoms with E-state index in [4.69, 9.17) is 5.11 Å². The van der Waals surface area contributed by atoms with Crippen molar-refractivity contribution in [1.29, 1.82) is 0 Å². The largest absolute Gasteiger partial charge is 0.481 e. The summed E-state index contributed by atoms with van der Waals surface area (Å²) < 4.78 is 0. The van der Waals surface area contributed by atoms with E-state index < -0.39 is 5.97 Å². The Hall–Kier alpha value is -2.43. The normalized spacial score (nSPS) is 10.2. The van der Waals surface area contributed by atoms with Gasteiger partial charge in [0.05, 0.1) is 0 Å². The van der Waals surface area contributed by atoms with Gasteiger partial charge in [-0.2, -0.15) is 0 Å². The Labute approximate surface area is 111 Å². The molecule has 0 aliphatic heterocycles. The third-order valence-corrected chi connectivity index (χ3v) is 2.79. The van der Waals surface area contributed by atoms with Crippen LogP contribution in [0.4, 0.5) is 5.82 Å². The molecule has 1 aromatic heterocycles. The van der Waals surface area contributed by atoms with Crippen LogP contribution in [0, 0.1) is 0 Å². The molecule has 0 saturated heterocycles. The van der Waals surface area contributed by atoms with Crippen molar-refractivity contribution in [3.63, 3.8) is 0 Å². The van der Waals surface area contributed by atoms with E-state index in [0.717, 1.165) is 22.6 Å². The number of carbonyl (C=O) groups is 1. The number of aliphatic carboxylic acids is 1. The zero-order chi connectivity index (χ0) is 13.7. The lowest BCUT2D eigenvalue weighted by atomic mass is 10.1. The quantitative estimate of drug-likeness (QED) is 0.858. The van der Waals surface area contributed by atoms with Gasteiger partial charge >= 0.3 is 5.97 Å². The number of hydrogen-bond donors (Lipinski definition) is 2. The van der Waals surface area contributed by atoms with Crippen molar-refractivity contribution in [3.8, 4) is 11.3 Å². The predicted molar refractivity (Wildman–Crippen MR) is 73.0 cm³/mol. The zero-order valence-corrected chi connectivity index (χ0v) is 10.6. The first-order chi connectivity index (χ1) is 9.20. The number of aryl methyl sites for hydroxylation is 1. The molecule has 0 bridgehead atoms. The predicted octanol–water partition coefficient (Wildman–Crippen LogP) is 2.20. The van der Waals surface area contributed by atoms with Gasteiger partial charge in [-0.1, -0.05) is 24.3 Å². The molecule has 0 saturated carbocycles. The van der Waals surface area contributed by atoms with E-state index in [2.05, 4.69) is 15.3 Å². The maximum atomic E-state index is 10.5. The Morgan fingerprint density at radius 1 is 1.21 bits per heavy atom. The average Bonchev–Trinajstić information content (AvgIpc) is 2.45. The Morgan fingerprint density at radius 3 is 2.53 bits per heavy atom. The number of aromatic nitrogens is 2. The third-order valence-electron chi connectivity index (χ3n) is 2.79. The fraction of sp³-hybridized carbons (Fsp3) is 0.214. The molecule has 0 unspecified atom stereocenters. The molecule has 0 fully saturated rings. The van der Waals surface area contributed by atoms with Crippen LogP contribution in [-0.2, 0) is 11.2 Å². The first kappa shape index (κ1) is 13.0. The van der Waals surface area contributed by atoms with Crippen LogP contribution < -0.4 is 5.32 Å². The van der Waals surface area contributed by atoms with E-state index in [1.165, 1.54) is 0 Å². The van der Waals surface area contributed by atoms with Crippen molar-refractivity contribution >= 4 is 11.8 Å². The van der Waals surface area contributed by atoms with Crippen molar-refractivity contribution in [2.24, 2.45) is 0 Å². The molecule has 0 spiro atoms. The highest BCUT2D eigenvalue weighted by Crippen LogP contribution is 2.23. The molecule has 5 heteroatoms. The summed E-state index contributed by atoms with van der Waals surface area (Å²) in [5.74, 6) is -0.0590. The van der Waals surface area contributed by atoms with E-state index in [-0.39, 0.29) is 6.42 Å². The fourth-order valence-electron chi connectivity index (χ4n) is 1.81. The average molecular weight is 257 g/mol. The van der Waals surface area contributed by atoms with Crippen LogP contribution in [0.1, 0.15) is 12.0 Å². The van der Waals surface area contributed by atoms with Gasteiger partial charge in [-0.25, -0.2) is 4.98 Å². The number of nitrogens with zero attached hydrogens (tertiary/aromatic N) is 2. The van der Waals surface area contributed by atoms with E-state index in [9.17, 15) is 4.79 Å². The zero-order valence-electron chi connectivity index (χ0n) is 10.6. The molecule has 19 heavy (non-hydrogen) atoms. The van der Waals surface area contributed by atoms with Crippen molar-refractivity contribution in [2.75, 3.05) is 12.4 Å². The van der Waals surface area contributed by atoms with Gasteiger partial charge in [0.1, 0.15) is 5.69 Å². The summed E-state index contributed by atoms with van der Waals surface area (Å²) >= 11 is 0. The van der Waals surface area contributed by atoms with Gasteiger partial charge in [-0.15, -0.1) is 0 Å². The van der Waals surface area contributed by atoms with Crippen LogP contribution in [0.15, 0.2) is 36.7 Å². The summed E-state index contributed by atoms with van der Waals surface area (Å²) in [6.07, 6.45) is 3.96. The van der Waals surface area contributed by atoms with Crippen molar-refractivity contribution in [2.45, 2.75) is 12.8 Å². The number of benzene rings is 1. The highest BCUT2D eigenvalue weighted by atomic mass is 16.4. The first-order valence-corrected chi connectivity index (χ1v) is 6.00. The topological polar surface area (TPSA) is 75.1 Å². The summed E-state index contributed by atoms with van der Waals surface area (Å²) in [5.41, 5.74) is 2.74. The van der Waals surface area contributed by atoms with E-state index in [1.54, 1.807) is 19.4 Å². The maximum absolute atomic E-state index is 10.5. The molecule has 2 rings (SSSR count). The third kappa shape index (κ3) is 3.28. The molecule has 5 nitrogen and oxygen atoms in total. The molecule has 0 amide bonds.